The van der Waals surface area contributed by atoms with E-state index in [0.29, 0.717) is 16.5 Å². The molecule has 1 heterocycles. The molecule has 0 amide bonds. The Kier molecular flexibility index (Phi) is 4.85. The van der Waals surface area contributed by atoms with Crippen molar-refractivity contribution in [3.05, 3.63) is 33.6 Å². The number of benzene rings is 1. The number of thiazole rings is 1. The van der Waals surface area contributed by atoms with Crippen LogP contribution in [0.4, 0.5) is 19.7 Å². The Labute approximate surface area is 125 Å². The Hall–Kier alpha value is -1.74. The maximum atomic E-state index is 12.3. The molecule has 0 fully saturated rings. The largest absolute Gasteiger partial charge is 0.434 e. The normalized spacial score (nSPS) is 11.2. The number of nitrogens with zero attached hydrogens (tertiary/aromatic N) is 2. The van der Waals surface area contributed by atoms with Gasteiger partial charge in [0.25, 0.3) is 0 Å². The van der Waals surface area contributed by atoms with Gasteiger partial charge in [-0.05, 0) is 18.2 Å². The molecule has 0 aliphatic heterocycles. The average Bonchev–Trinajstić information content (AvgIpc) is 2.78. The highest BCUT2D eigenvalue weighted by Gasteiger charge is 2.08. The summed E-state index contributed by atoms with van der Waals surface area (Å²) in [6, 6.07) is 4.64. The van der Waals surface area contributed by atoms with E-state index in [1.54, 1.807) is 17.5 Å². The van der Waals surface area contributed by atoms with Gasteiger partial charge in [0.05, 0.1) is 6.21 Å². The standard InChI is InChI=1S/C11H9BrF2N4OS/c12-7-1-2-8(19-10(13)14)6(3-7)4-16-18-11-17-9(15)5-20-11/h1-5,10H,15H2,(H,17,18). The van der Waals surface area contributed by atoms with Gasteiger partial charge < -0.3 is 10.5 Å². The molecular weight excluding hydrogens is 354 g/mol. The molecular formula is C11H9BrF2N4OS. The highest BCUT2D eigenvalue weighted by molar-refractivity contribution is 9.10. The fourth-order valence-corrected chi connectivity index (χ4v) is 2.25. The van der Waals surface area contributed by atoms with Crippen LogP contribution in [-0.2, 0) is 0 Å². The molecule has 0 spiro atoms. The van der Waals surface area contributed by atoms with Crippen molar-refractivity contribution in [3.8, 4) is 5.75 Å². The molecule has 9 heteroatoms. The van der Waals surface area contributed by atoms with Gasteiger partial charge >= 0.3 is 6.61 Å². The molecule has 0 unspecified atom stereocenters. The van der Waals surface area contributed by atoms with Crippen molar-refractivity contribution in [3.63, 3.8) is 0 Å². The number of hydrazone groups is 1. The summed E-state index contributed by atoms with van der Waals surface area (Å²) in [5, 5.41) is 6.07. The molecule has 1 aromatic heterocycles. The second kappa shape index (κ2) is 6.62. The van der Waals surface area contributed by atoms with Gasteiger partial charge in [-0.25, -0.2) is 4.98 Å². The van der Waals surface area contributed by atoms with Gasteiger partial charge in [-0.2, -0.15) is 13.9 Å². The highest BCUT2D eigenvalue weighted by atomic mass is 79.9. The van der Waals surface area contributed by atoms with Gasteiger partial charge in [0.1, 0.15) is 11.6 Å². The number of alkyl halides is 2. The Balaban J connectivity index is 2.12. The van der Waals surface area contributed by atoms with Gasteiger partial charge in [-0.15, -0.1) is 11.3 Å². The molecule has 0 radical (unpaired) electrons. The van der Waals surface area contributed by atoms with Crippen LogP contribution in [-0.4, -0.2) is 17.8 Å². The van der Waals surface area contributed by atoms with Crippen LogP contribution in [0.3, 0.4) is 0 Å². The van der Waals surface area contributed by atoms with Gasteiger partial charge in [0, 0.05) is 15.4 Å². The van der Waals surface area contributed by atoms with Crippen molar-refractivity contribution in [2.24, 2.45) is 5.10 Å². The minimum absolute atomic E-state index is 0.0346. The number of hydrogen-bond acceptors (Lipinski definition) is 6. The van der Waals surface area contributed by atoms with Crippen molar-refractivity contribution in [2.45, 2.75) is 6.61 Å². The first-order valence-corrected chi connectivity index (χ1v) is 6.96. The number of nitrogen functional groups attached to an aromatic ring is 1. The molecule has 0 atom stereocenters. The molecule has 2 rings (SSSR count). The number of ether oxygens (including phenoxy) is 1. The molecule has 1 aromatic carbocycles. The average molecular weight is 363 g/mol. The van der Waals surface area contributed by atoms with E-state index in [9.17, 15) is 8.78 Å². The van der Waals surface area contributed by atoms with Crippen molar-refractivity contribution in [1.82, 2.24) is 4.98 Å². The summed E-state index contributed by atoms with van der Waals surface area (Å²) in [6.45, 7) is -2.89. The molecule has 0 bridgehead atoms. The lowest BCUT2D eigenvalue weighted by molar-refractivity contribution is -0.0499. The second-order valence-electron chi connectivity index (χ2n) is 3.51. The second-order valence-corrected chi connectivity index (χ2v) is 5.28. The number of rotatable bonds is 5. The van der Waals surface area contributed by atoms with Crippen LogP contribution in [0.5, 0.6) is 5.75 Å². The fourth-order valence-electron chi connectivity index (χ4n) is 1.32. The minimum Gasteiger partial charge on any atom is -0.434 e. The van der Waals surface area contributed by atoms with Gasteiger partial charge in [0.15, 0.2) is 0 Å². The van der Waals surface area contributed by atoms with Crippen LogP contribution in [0, 0.1) is 0 Å². The third-order valence-electron chi connectivity index (χ3n) is 2.07. The van der Waals surface area contributed by atoms with Crippen LogP contribution in [0.15, 0.2) is 33.2 Å². The fraction of sp³-hybridized carbons (Fsp3) is 0.0909. The van der Waals surface area contributed by atoms with Crippen LogP contribution in [0.1, 0.15) is 5.56 Å². The SMILES string of the molecule is Nc1csc(NN=Cc2cc(Br)ccc2OC(F)F)n1. The molecule has 0 saturated carbocycles. The Bertz CT molecular complexity index is 620. The number of nitrogens with one attached hydrogen (secondary N) is 1. The first-order valence-electron chi connectivity index (χ1n) is 5.29. The summed E-state index contributed by atoms with van der Waals surface area (Å²) in [4.78, 5) is 3.94. The third-order valence-corrected chi connectivity index (χ3v) is 3.33. The summed E-state index contributed by atoms with van der Waals surface area (Å²) >= 11 is 4.53. The summed E-state index contributed by atoms with van der Waals surface area (Å²) in [5.41, 5.74) is 8.51. The third kappa shape index (κ3) is 4.14. The van der Waals surface area contributed by atoms with Crippen LogP contribution in [0.2, 0.25) is 0 Å². The van der Waals surface area contributed by atoms with E-state index < -0.39 is 6.61 Å². The monoisotopic (exact) mass is 362 g/mol. The topological polar surface area (TPSA) is 72.5 Å². The maximum Gasteiger partial charge on any atom is 0.387 e. The van der Waals surface area contributed by atoms with Crippen molar-refractivity contribution >= 4 is 44.4 Å². The molecule has 3 N–H and O–H groups in total. The zero-order valence-electron chi connectivity index (χ0n) is 9.89. The molecule has 106 valence electrons. The van der Waals surface area contributed by atoms with E-state index >= 15 is 0 Å². The Morgan fingerprint density at radius 1 is 1.50 bits per heavy atom. The predicted octanol–water partition coefficient (Wildman–Crippen LogP) is 3.54. The van der Waals surface area contributed by atoms with Crippen molar-refractivity contribution in [1.29, 1.82) is 0 Å². The summed E-state index contributed by atoms with van der Waals surface area (Å²) in [5.74, 6) is 0.421. The Morgan fingerprint density at radius 3 is 2.95 bits per heavy atom. The van der Waals surface area contributed by atoms with E-state index in [2.05, 4.69) is 36.2 Å². The lowest BCUT2D eigenvalue weighted by atomic mass is 10.2. The number of aromatic nitrogens is 1. The first kappa shape index (κ1) is 14.7. The minimum atomic E-state index is -2.89. The van der Waals surface area contributed by atoms with E-state index in [-0.39, 0.29) is 5.75 Å². The quantitative estimate of drug-likeness (QED) is 0.630. The van der Waals surface area contributed by atoms with E-state index in [4.69, 9.17) is 5.73 Å². The molecule has 0 saturated heterocycles. The Morgan fingerprint density at radius 2 is 2.30 bits per heavy atom. The first-order chi connectivity index (χ1) is 9.54. The zero-order chi connectivity index (χ0) is 14.5. The van der Waals surface area contributed by atoms with E-state index in [0.717, 1.165) is 4.47 Å². The number of anilines is 2. The lowest BCUT2D eigenvalue weighted by Gasteiger charge is -2.07. The molecule has 0 aliphatic carbocycles. The smallest absolute Gasteiger partial charge is 0.387 e. The summed E-state index contributed by atoms with van der Waals surface area (Å²) < 4.78 is 29.7. The van der Waals surface area contributed by atoms with Crippen LogP contribution >= 0.6 is 27.3 Å². The molecule has 0 aliphatic rings. The number of hydrogen-bond donors (Lipinski definition) is 2. The van der Waals surface area contributed by atoms with Gasteiger partial charge in [0.2, 0.25) is 5.13 Å². The molecule has 5 nitrogen and oxygen atoms in total. The van der Waals surface area contributed by atoms with Crippen molar-refractivity contribution in [2.75, 3.05) is 11.2 Å². The summed E-state index contributed by atoms with van der Waals surface area (Å²) in [7, 11) is 0. The molecule has 2 aromatic rings. The molecule has 20 heavy (non-hydrogen) atoms. The number of halogens is 3. The lowest BCUT2D eigenvalue weighted by Crippen LogP contribution is -2.04. The van der Waals surface area contributed by atoms with Gasteiger partial charge in [-0.3, -0.25) is 5.43 Å². The summed E-state index contributed by atoms with van der Waals surface area (Å²) in [6.07, 6.45) is 1.36. The maximum absolute atomic E-state index is 12.3. The zero-order valence-corrected chi connectivity index (χ0v) is 12.3. The van der Waals surface area contributed by atoms with Crippen LogP contribution in [0.25, 0.3) is 0 Å². The van der Waals surface area contributed by atoms with E-state index in [1.807, 2.05) is 0 Å². The predicted molar refractivity (Wildman–Crippen MR) is 78.5 cm³/mol. The number of nitrogens with two attached hydrogens (primary N) is 1. The van der Waals surface area contributed by atoms with E-state index in [1.165, 1.54) is 23.6 Å². The van der Waals surface area contributed by atoms with Crippen molar-refractivity contribution < 1.29 is 13.5 Å². The van der Waals surface area contributed by atoms with Crippen LogP contribution < -0.4 is 15.9 Å². The highest BCUT2D eigenvalue weighted by Crippen LogP contribution is 2.23. The van der Waals surface area contributed by atoms with Gasteiger partial charge in [-0.1, -0.05) is 15.9 Å².